The summed E-state index contributed by atoms with van der Waals surface area (Å²) in [5.74, 6) is -2.60. The third-order valence-corrected chi connectivity index (χ3v) is 3.05. The molecule has 3 N–H and O–H groups in total. The number of nitrogens with one attached hydrogen (secondary N) is 1. The predicted molar refractivity (Wildman–Crippen MR) is 74.6 cm³/mol. The number of carbonyl (C=O) groups is 1. The Bertz CT molecular complexity index is 684. The Kier molecular flexibility index (Phi) is 3.70. The van der Waals surface area contributed by atoms with Gasteiger partial charge in [0.2, 0.25) is 0 Å². The van der Waals surface area contributed by atoms with Crippen LogP contribution in [0.2, 0.25) is 0 Å². The summed E-state index contributed by atoms with van der Waals surface area (Å²) in [5, 5.41) is 2.44. The lowest BCUT2D eigenvalue weighted by Gasteiger charge is -2.10. The molecule has 0 aliphatic carbocycles. The van der Waals surface area contributed by atoms with E-state index in [0.717, 1.165) is 11.6 Å². The van der Waals surface area contributed by atoms with Crippen molar-refractivity contribution in [3.8, 4) is 0 Å². The van der Waals surface area contributed by atoms with Gasteiger partial charge in [-0.15, -0.1) is 0 Å². The van der Waals surface area contributed by atoms with E-state index in [2.05, 4.69) is 5.32 Å². The molecule has 20 heavy (non-hydrogen) atoms. The van der Waals surface area contributed by atoms with Crippen molar-refractivity contribution in [2.24, 2.45) is 0 Å². The van der Waals surface area contributed by atoms with Gasteiger partial charge in [-0.1, -0.05) is 12.1 Å². The van der Waals surface area contributed by atoms with Gasteiger partial charge in [-0.05, 0) is 43.2 Å². The number of carbonyl (C=O) groups excluding carboxylic acids is 1. The van der Waals surface area contributed by atoms with Crippen LogP contribution in [0.3, 0.4) is 0 Å². The van der Waals surface area contributed by atoms with Crippen LogP contribution in [0.25, 0.3) is 0 Å². The number of hydrogen-bond donors (Lipinski definition) is 2. The molecule has 0 fully saturated rings. The number of hydrogen-bond acceptors (Lipinski definition) is 2. The quantitative estimate of drug-likeness (QED) is 0.826. The lowest BCUT2D eigenvalue weighted by molar-refractivity contribution is 0.101. The lowest BCUT2D eigenvalue weighted by atomic mass is 10.1. The van der Waals surface area contributed by atoms with Crippen molar-refractivity contribution in [1.29, 1.82) is 0 Å². The summed E-state index contributed by atoms with van der Waals surface area (Å²) in [6.45, 7) is 3.29. The molecule has 0 aliphatic rings. The van der Waals surface area contributed by atoms with Gasteiger partial charge >= 0.3 is 0 Å². The van der Waals surface area contributed by atoms with Gasteiger partial charge in [0.1, 0.15) is 17.2 Å². The van der Waals surface area contributed by atoms with Crippen LogP contribution >= 0.6 is 0 Å². The standard InChI is InChI=1S/C15H14F2N2O/c1-8-3-5-10(7-12(8)18)19-15(20)13-11(16)6-4-9(2)14(13)17/h3-7H,18H2,1-2H3,(H,19,20). The normalized spacial score (nSPS) is 10.4. The molecular formula is C15H14F2N2O. The van der Waals surface area contributed by atoms with E-state index in [9.17, 15) is 13.6 Å². The van der Waals surface area contributed by atoms with E-state index in [1.54, 1.807) is 18.2 Å². The monoisotopic (exact) mass is 276 g/mol. The van der Waals surface area contributed by atoms with Gasteiger partial charge < -0.3 is 11.1 Å². The summed E-state index contributed by atoms with van der Waals surface area (Å²) in [5.41, 5.74) is 7.07. The molecule has 0 saturated heterocycles. The summed E-state index contributed by atoms with van der Waals surface area (Å²) >= 11 is 0. The Hall–Kier alpha value is -2.43. The predicted octanol–water partition coefficient (Wildman–Crippen LogP) is 3.42. The Labute approximate surface area is 115 Å². The molecule has 0 spiro atoms. The molecule has 3 nitrogen and oxygen atoms in total. The van der Waals surface area contributed by atoms with Crippen molar-refractivity contribution in [2.75, 3.05) is 11.1 Å². The van der Waals surface area contributed by atoms with E-state index < -0.39 is 23.1 Å². The van der Waals surface area contributed by atoms with Crippen molar-refractivity contribution in [2.45, 2.75) is 13.8 Å². The molecule has 2 aromatic carbocycles. The van der Waals surface area contributed by atoms with Gasteiger partial charge in [0.05, 0.1) is 0 Å². The van der Waals surface area contributed by atoms with Crippen molar-refractivity contribution >= 4 is 17.3 Å². The summed E-state index contributed by atoms with van der Waals surface area (Å²) < 4.78 is 27.4. The second kappa shape index (κ2) is 5.28. The summed E-state index contributed by atoms with van der Waals surface area (Å²) in [7, 11) is 0. The maximum atomic E-state index is 13.8. The average molecular weight is 276 g/mol. The van der Waals surface area contributed by atoms with Crippen molar-refractivity contribution in [3.63, 3.8) is 0 Å². The first-order valence-electron chi connectivity index (χ1n) is 6.02. The largest absolute Gasteiger partial charge is 0.398 e. The minimum absolute atomic E-state index is 0.208. The Balaban J connectivity index is 2.33. The molecule has 0 heterocycles. The van der Waals surface area contributed by atoms with Gasteiger partial charge in [0.25, 0.3) is 5.91 Å². The van der Waals surface area contributed by atoms with E-state index in [0.29, 0.717) is 11.4 Å². The average Bonchev–Trinajstić information content (AvgIpc) is 2.39. The van der Waals surface area contributed by atoms with Crippen LogP contribution in [-0.2, 0) is 0 Å². The molecule has 0 atom stereocenters. The maximum absolute atomic E-state index is 13.8. The van der Waals surface area contributed by atoms with Crippen LogP contribution < -0.4 is 11.1 Å². The molecule has 1 amide bonds. The molecule has 5 heteroatoms. The molecular weight excluding hydrogens is 262 g/mol. The molecule has 0 saturated carbocycles. The Morgan fingerprint density at radius 1 is 1.10 bits per heavy atom. The Morgan fingerprint density at radius 2 is 1.75 bits per heavy atom. The number of rotatable bonds is 2. The van der Waals surface area contributed by atoms with Crippen molar-refractivity contribution in [3.05, 3.63) is 58.7 Å². The van der Waals surface area contributed by atoms with Gasteiger partial charge in [-0.3, -0.25) is 4.79 Å². The zero-order valence-electron chi connectivity index (χ0n) is 11.1. The summed E-state index contributed by atoms with van der Waals surface area (Å²) in [6.07, 6.45) is 0. The third kappa shape index (κ3) is 2.61. The molecule has 104 valence electrons. The van der Waals surface area contributed by atoms with E-state index in [1.165, 1.54) is 13.0 Å². The van der Waals surface area contributed by atoms with Gasteiger partial charge in [0, 0.05) is 11.4 Å². The number of nitrogen functional groups attached to an aromatic ring is 1. The molecule has 0 aliphatic heterocycles. The zero-order chi connectivity index (χ0) is 14.9. The molecule has 0 bridgehead atoms. The fourth-order valence-electron chi connectivity index (χ4n) is 1.78. The van der Waals surface area contributed by atoms with E-state index >= 15 is 0 Å². The first kappa shape index (κ1) is 14.0. The Morgan fingerprint density at radius 3 is 2.40 bits per heavy atom. The molecule has 0 unspecified atom stereocenters. The lowest BCUT2D eigenvalue weighted by Crippen LogP contribution is -2.16. The maximum Gasteiger partial charge on any atom is 0.261 e. The van der Waals surface area contributed by atoms with E-state index in [-0.39, 0.29) is 5.56 Å². The van der Waals surface area contributed by atoms with Crippen LogP contribution in [0.1, 0.15) is 21.5 Å². The van der Waals surface area contributed by atoms with Crippen molar-refractivity contribution in [1.82, 2.24) is 0 Å². The van der Waals surface area contributed by atoms with Crippen LogP contribution in [0.15, 0.2) is 30.3 Å². The van der Waals surface area contributed by atoms with Crippen LogP contribution in [0, 0.1) is 25.5 Å². The smallest absolute Gasteiger partial charge is 0.261 e. The van der Waals surface area contributed by atoms with Crippen LogP contribution in [0.4, 0.5) is 20.2 Å². The first-order valence-corrected chi connectivity index (χ1v) is 6.02. The van der Waals surface area contributed by atoms with Gasteiger partial charge in [-0.25, -0.2) is 8.78 Å². The number of nitrogens with two attached hydrogens (primary N) is 1. The highest BCUT2D eigenvalue weighted by molar-refractivity contribution is 6.05. The van der Waals surface area contributed by atoms with Gasteiger partial charge in [0.15, 0.2) is 0 Å². The van der Waals surface area contributed by atoms with Crippen molar-refractivity contribution < 1.29 is 13.6 Å². The molecule has 2 rings (SSSR count). The highest BCUT2D eigenvalue weighted by Gasteiger charge is 2.19. The fourth-order valence-corrected chi connectivity index (χ4v) is 1.78. The highest BCUT2D eigenvalue weighted by Crippen LogP contribution is 2.20. The minimum atomic E-state index is -0.898. The van der Waals surface area contributed by atoms with Crippen LogP contribution in [-0.4, -0.2) is 5.91 Å². The van der Waals surface area contributed by atoms with E-state index in [1.807, 2.05) is 6.92 Å². The number of aryl methyl sites for hydroxylation is 2. The second-order valence-corrected chi connectivity index (χ2v) is 4.58. The molecule has 0 aromatic heterocycles. The first-order chi connectivity index (χ1) is 9.40. The fraction of sp³-hybridized carbons (Fsp3) is 0.133. The SMILES string of the molecule is Cc1ccc(NC(=O)c2c(F)ccc(C)c2F)cc1N. The molecule has 0 radical (unpaired) electrons. The summed E-state index contributed by atoms with van der Waals surface area (Å²) in [4.78, 5) is 12.0. The van der Waals surface area contributed by atoms with Gasteiger partial charge in [-0.2, -0.15) is 0 Å². The third-order valence-electron chi connectivity index (χ3n) is 3.05. The van der Waals surface area contributed by atoms with Crippen LogP contribution in [0.5, 0.6) is 0 Å². The minimum Gasteiger partial charge on any atom is -0.398 e. The highest BCUT2D eigenvalue weighted by atomic mass is 19.1. The number of anilines is 2. The summed E-state index contributed by atoms with van der Waals surface area (Å²) in [6, 6.07) is 7.23. The number of halogens is 2. The zero-order valence-corrected chi connectivity index (χ0v) is 11.1. The topological polar surface area (TPSA) is 55.1 Å². The van der Waals surface area contributed by atoms with E-state index in [4.69, 9.17) is 5.73 Å². The second-order valence-electron chi connectivity index (χ2n) is 4.58. The molecule has 2 aromatic rings. The number of amides is 1. The number of benzene rings is 2.